The molecule has 5 heteroatoms. The van der Waals surface area contributed by atoms with Gasteiger partial charge in [0.1, 0.15) is 0 Å². The quantitative estimate of drug-likeness (QED) is 0.358. The number of hydrogen-bond donors (Lipinski definition) is 1. The van der Waals surface area contributed by atoms with Gasteiger partial charge in [-0.25, -0.2) is 14.6 Å². The molecule has 0 aromatic rings. The van der Waals surface area contributed by atoms with Gasteiger partial charge in [0, 0.05) is 6.08 Å². The molecule has 60 valence electrons. The second kappa shape index (κ2) is 11.0. The van der Waals surface area contributed by atoms with Crippen molar-refractivity contribution in [2.75, 3.05) is 14.2 Å². The summed E-state index contributed by atoms with van der Waals surface area (Å²) in [5.41, 5.74) is 0. The van der Waals surface area contributed by atoms with Gasteiger partial charge in [0.15, 0.2) is 0 Å². The first-order valence-electron chi connectivity index (χ1n) is 2.27. The summed E-state index contributed by atoms with van der Waals surface area (Å²) in [6.07, 6.45) is 0.833. The van der Waals surface area contributed by atoms with Crippen LogP contribution >= 0.6 is 0 Å². The van der Waals surface area contributed by atoms with Gasteiger partial charge in [-0.05, 0) is 0 Å². The maximum Gasteiger partial charge on any atom is 0.327 e. The molecule has 0 aliphatic rings. The largest absolute Gasteiger partial charge is 0.478 e. The number of aliphatic carboxylic acids is 1. The third-order valence-corrected chi connectivity index (χ3v) is 0.311. The highest BCUT2D eigenvalue weighted by Gasteiger charge is 1.73. The van der Waals surface area contributed by atoms with Crippen molar-refractivity contribution in [1.29, 1.82) is 0 Å². The van der Waals surface area contributed by atoms with E-state index in [0.29, 0.717) is 0 Å². The summed E-state index contributed by atoms with van der Waals surface area (Å²) in [6.45, 7) is 2.96. The fourth-order valence-corrected chi connectivity index (χ4v) is 0.0680. The van der Waals surface area contributed by atoms with Crippen molar-refractivity contribution in [3.8, 4) is 0 Å². The second-order valence-corrected chi connectivity index (χ2v) is 0.944. The average molecular weight is 150 g/mol. The van der Waals surface area contributed by atoms with E-state index in [4.69, 9.17) is 5.11 Å². The van der Waals surface area contributed by atoms with E-state index in [0.717, 1.165) is 6.08 Å². The first-order valence-corrected chi connectivity index (χ1v) is 2.27. The van der Waals surface area contributed by atoms with Gasteiger partial charge in [0.05, 0.1) is 14.2 Å². The van der Waals surface area contributed by atoms with Crippen LogP contribution < -0.4 is 0 Å². The standard InChI is InChI=1S/C3H4O2.C2H6O3/c1-2-3(4)5;1-3-5-4-2/h2H,1H2,(H,4,5);1-2H3. The van der Waals surface area contributed by atoms with E-state index in [1.54, 1.807) is 0 Å². The van der Waals surface area contributed by atoms with Crippen molar-refractivity contribution in [2.24, 2.45) is 0 Å². The molecule has 10 heavy (non-hydrogen) atoms. The Labute approximate surface area is 58.7 Å². The molecule has 0 spiro atoms. The molecule has 0 fully saturated rings. The lowest BCUT2D eigenvalue weighted by molar-refractivity contribution is -0.491. The zero-order valence-corrected chi connectivity index (χ0v) is 5.86. The minimum atomic E-state index is -0.981. The molecule has 0 radical (unpaired) electrons. The predicted molar refractivity (Wildman–Crippen MR) is 32.9 cm³/mol. The Morgan fingerprint density at radius 3 is 1.80 bits per heavy atom. The van der Waals surface area contributed by atoms with E-state index in [1.165, 1.54) is 14.2 Å². The molecule has 0 aliphatic heterocycles. The summed E-state index contributed by atoms with van der Waals surface area (Å²) in [5.74, 6) is -0.981. The van der Waals surface area contributed by atoms with E-state index < -0.39 is 5.97 Å². The maximum atomic E-state index is 9.25. The van der Waals surface area contributed by atoms with Crippen LogP contribution in [0.5, 0.6) is 0 Å². The van der Waals surface area contributed by atoms with Crippen LogP contribution in [0.15, 0.2) is 12.7 Å². The molecule has 0 heterocycles. The molecule has 0 saturated carbocycles. The molecule has 5 nitrogen and oxygen atoms in total. The highest BCUT2D eigenvalue weighted by atomic mass is 17.5. The normalized spacial score (nSPS) is 7.40. The van der Waals surface area contributed by atoms with Crippen molar-refractivity contribution in [1.82, 2.24) is 0 Å². The van der Waals surface area contributed by atoms with Gasteiger partial charge in [-0.3, -0.25) is 0 Å². The summed E-state index contributed by atoms with van der Waals surface area (Å²) in [6, 6.07) is 0. The van der Waals surface area contributed by atoms with Crippen LogP contribution in [-0.4, -0.2) is 25.3 Å². The van der Waals surface area contributed by atoms with Gasteiger partial charge in [-0.15, -0.1) is 0 Å². The maximum absolute atomic E-state index is 9.25. The van der Waals surface area contributed by atoms with Crippen LogP contribution in [0.3, 0.4) is 0 Å². The minimum Gasteiger partial charge on any atom is -0.478 e. The Morgan fingerprint density at radius 2 is 1.80 bits per heavy atom. The van der Waals surface area contributed by atoms with Crippen LogP contribution in [0.25, 0.3) is 0 Å². The Hall–Kier alpha value is -0.910. The summed E-state index contributed by atoms with van der Waals surface area (Å²) in [5, 5.41) is 11.4. The summed E-state index contributed by atoms with van der Waals surface area (Å²) >= 11 is 0. The van der Waals surface area contributed by atoms with Crippen LogP contribution in [0.4, 0.5) is 0 Å². The molecule has 0 rings (SSSR count). The lowest BCUT2D eigenvalue weighted by atomic mass is 10.7. The Morgan fingerprint density at radius 1 is 1.50 bits per heavy atom. The smallest absolute Gasteiger partial charge is 0.327 e. The molecule has 0 aliphatic carbocycles. The third kappa shape index (κ3) is 27.5. The molecule has 0 saturated heterocycles. The highest BCUT2D eigenvalue weighted by Crippen LogP contribution is 1.64. The van der Waals surface area contributed by atoms with Crippen LogP contribution in [0.2, 0.25) is 0 Å². The fourth-order valence-electron chi connectivity index (χ4n) is 0.0680. The number of carboxylic acids is 1. The Balaban J connectivity index is 0. The third-order valence-electron chi connectivity index (χ3n) is 0.311. The van der Waals surface area contributed by atoms with Crippen LogP contribution in [-0.2, 0) is 19.6 Å². The number of carboxylic acid groups (broad SMARTS) is 1. The zero-order chi connectivity index (χ0) is 8.41. The van der Waals surface area contributed by atoms with Gasteiger partial charge in [-0.1, -0.05) is 11.6 Å². The van der Waals surface area contributed by atoms with Crippen LogP contribution in [0.1, 0.15) is 0 Å². The zero-order valence-electron chi connectivity index (χ0n) is 5.86. The first-order chi connectivity index (χ1) is 4.68. The summed E-state index contributed by atoms with van der Waals surface area (Å²) in [4.78, 5) is 17.2. The molecular formula is C5H10O5. The Kier molecular flexibility index (Phi) is 13.0. The molecule has 1 N–H and O–H groups in total. The molecule has 0 bridgehead atoms. The van der Waals surface area contributed by atoms with Crippen LogP contribution in [0, 0.1) is 0 Å². The van der Waals surface area contributed by atoms with E-state index in [2.05, 4.69) is 21.4 Å². The highest BCUT2D eigenvalue weighted by molar-refractivity contribution is 5.78. The summed E-state index contributed by atoms with van der Waals surface area (Å²) in [7, 11) is 2.73. The Bertz CT molecular complexity index is 88.0. The fraction of sp³-hybridized carbons (Fsp3) is 0.400. The molecular weight excluding hydrogens is 140 g/mol. The van der Waals surface area contributed by atoms with Gasteiger partial charge in [0.2, 0.25) is 0 Å². The number of hydrogen-bond acceptors (Lipinski definition) is 4. The lowest BCUT2D eigenvalue weighted by Crippen LogP contribution is -1.82. The molecule has 0 amide bonds. The summed E-state index contributed by atoms with van der Waals surface area (Å²) < 4.78 is 0. The van der Waals surface area contributed by atoms with Gasteiger partial charge in [-0.2, -0.15) is 0 Å². The van der Waals surface area contributed by atoms with Gasteiger partial charge >= 0.3 is 5.97 Å². The van der Waals surface area contributed by atoms with E-state index in [-0.39, 0.29) is 0 Å². The topological polar surface area (TPSA) is 65.0 Å². The van der Waals surface area contributed by atoms with Crippen molar-refractivity contribution in [2.45, 2.75) is 0 Å². The van der Waals surface area contributed by atoms with E-state index in [9.17, 15) is 4.79 Å². The monoisotopic (exact) mass is 150 g/mol. The number of carbonyl (C=O) groups is 1. The van der Waals surface area contributed by atoms with Crippen molar-refractivity contribution < 1.29 is 24.7 Å². The molecule has 0 aromatic carbocycles. The minimum absolute atomic E-state index is 0.833. The van der Waals surface area contributed by atoms with Gasteiger partial charge in [0.25, 0.3) is 0 Å². The SMILES string of the molecule is C=CC(=O)O.COOOC. The molecule has 0 atom stereocenters. The lowest BCUT2D eigenvalue weighted by Gasteiger charge is -1.85. The second-order valence-electron chi connectivity index (χ2n) is 0.944. The number of rotatable bonds is 3. The molecule has 0 aromatic heterocycles. The predicted octanol–water partition coefficient (Wildman–Crippen LogP) is 0.383. The van der Waals surface area contributed by atoms with Crippen molar-refractivity contribution in [3.05, 3.63) is 12.7 Å². The molecule has 0 unspecified atom stereocenters. The van der Waals surface area contributed by atoms with Crippen molar-refractivity contribution in [3.63, 3.8) is 0 Å². The van der Waals surface area contributed by atoms with Crippen molar-refractivity contribution >= 4 is 5.97 Å². The van der Waals surface area contributed by atoms with Gasteiger partial charge < -0.3 is 5.11 Å². The van der Waals surface area contributed by atoms with E-state index >= 15 is 0 Å². The first kappa shape index (κ1) is 11.8. The average Bonchev–Trinajstić information content (AvgIpc) is 1.91. The van der Waals surface area contributed by atoms with E-state index in [1.807, 2.05) is 0 Å².